The first kappa shape index (κ1) is 13.4. The van der Waals surface area contributed by atoms with E-state index in [-0.39, 0.29) is 0 Å². The van der Waals surface area contributed by atoms with E-state index >= 15 is 0 Å². The van der Waals surface area contributed by atoms with Gasteiger partial charge in [0.15, 0.2) is 5.82 Å². The van der Waals surface area contributed by atoms with Gasteiger partial charge in [-0.3, -0.25) is 4.68 Å². The number of hydrogen-bond donors (Lipinski definition) is 0. The number of thiocarbonyl (C=S) groups is 1. The molecular formula is C13H14N4OS. The van der Waals surface area contributed by atoms with Gasteiger partial charge in [0.25, 0.3) is 0 Å². The largest absolute Gasteiger partial charge is 0.478 e. The van der Waals surface area contributed by atoms with E-state index in [0.29, 0.717) is 24.8 Å². The van der Waals surface area contributed by atoms with Gasteiger partial charge in [0.1, 0.15) is 0 Å². The van der Waals surface area contributed by atoms with Crippen molar-refractivity contribution < 1.29 is 4.74 Å². The van der Waals surface area contributed by atoms with Crippen LogP contribution in [0.5, 0.6) is 5.88 Å². The van der Waals surface area contributed by atoms with Gasteiger partial charge in [-0.15, -0.1) is 0 Å². The summed E-state index contributed by atoms with van der Waals surface area (Å²) in [6.45, 7) is 3.12. The second-order valence-electron chi connectivity index (χ2n) is 3.69. The molecule has 2 rings (SSSR count). The van der Waals surface area contributed by atoms with Crippen molar-refractivity contribution in [1.29, 1.82) is 0 Å². The van der Waals surface area contributed by atoms with Gasteiger partial charge in [-0.1, -0.05) is 18.3 Å². The van der Waals surface area contributed by atoms with Crippen LogP contribution < -0.4 is 4.74 Å². The normalized spacial score (nSPS) is 10.8. The molecule has 98 valence electrons. The Hall–Kier alpha value is -2.08. The third kappa shape index (κ3) is 3.69. The Labute approximate surface area is 117 Å². The first-order chi connectivity index (χ1) is 9.33. The maximum atomic E-state index is 5.48. The average Bonchev–Trinajstić information content (AvgIpc) is 2.87. The summed E-state index contributed by atoms with van der Waals surface area (Å²) in [4.78, 5) is 8.29. The number of aromatic nitrogens is 3. The summed E-state index contributed by atoms with van der Waals surface area (Å²) >= 11 is 4.68. The Balaban J connectivity index is 2.14. The van der Waals surface area contributed by atoms with Crippen molar-refractivity contribution in [2.24, 2.45) is 4.99 Å². The van der Waals surface area contributed by atoms with Crippen LogP contribution in [0.2, 0.25) is 0 Å². The molecular weight excluding hydrogens is 260 g/mol. The number of ether oxygens (including phenoxy) is 1. The summed E-state index contributed by atoms with van der Waals surface area (Å²) in [7, 11) is 0. The first-order valence-corrected chi connectivity index (χ1v) is 6.38. The van der Waals surface area contributed by atoms with E-state index in [2.05, 4.69) is 27.3 Å². The number of rotatable bonds is 6. The predicted octanol–water partition coefficient (Wildman–Crippen LogP) is 2.43. The lowest BCUT2D eigenvalue weighted by Crippen LogP contribution is -2.04. The van der Waals surface area contributed by atoms with Crippen LogP contribution in [0, 0.1) is 0 Å². The molecule has 0 atom stereocenters. The smallest absolute Gasteiger partial charge is 0.218 e. The van der Waals surface area contributed by atoms with Crippen LogP contribution in [0.25, 0.3) is 0 Å². The van der Waals surface area contributed by atoms with Gasteiger partial charge in [-0.05, 0) is 13.0 Å². The summed E-state index contributed by atoms with van der Waals surface area (Å²) < 4.78 is 7.27. The van der Waals surface area contributed by atoms with Crippen molar-refractivity contribution in [3.8, 4) is 5.88 Å². The maximum Gasteiger partial charge on any atom is 0.218 e. The van der Waals surface area contributed by atoms with Gasteiger partial charge in [-0.25, -0.2) is 9.98 Å². The molecule has 0 aromatic carbocycles. The number of aliphatic imine (C=N–C) groups is 1. The SMILES string of the molecule is CCOc1ncccc1Cn1ccc(N=CC=S)n1. The topological polar surface area (TPSA) is 52.3 Å². The fourth-order valence-electron chi connectivity index (χ4n) is 1.60. The van der Waals surface area contributed by atoms with Gasteiger partial charge in [0.2, 0.25) is 5.88 Å². The highest BCUT2D eigenvalue weighted by Gasteiger charge is 2.05. The zero-order valence-corrected chi connectivity index (χ0v) is 11.4. The van der Waals surface area contributed by atoms with Crippen LogP contribution in [0.3, 0.4) is 0 Å². The molecule has 0 aliphatic rings. The molecule has 0 spiro atoms. The molecule has 0 aliphatic carbocycles. The first-order valence-electron chi connectivity index (χ1n) is 5.91. The molecule has 0 saturated heterocycles. The van der Waals surface area contributed by atoms with Gasteiger partial charge < -0.3 is 4.74 Å². The van der Waals surface area contributed by atoms with E-state index in [1.54, 1.807) is 10.9 Å². The minimum absolute atomic E-state index is 0.591. The highest BCUT2D eigenvalue weighted by Crippen LogP contribution is 2.16. The lowest BCUT2D eigenvalue weighted by molar-refractivity contribution is 0.321. The molecule has 6 heteroatoms. The number of hydrogen-bond acceptors (Lipinski definition) is 5. The minimum atomic E-state index is 0.591. The van der Waals surface area contributed by atoms with E-state index < -0.39 is 0 Å². The van der Waals surface area contributed by atoms with E-state index in [4.69, 9.17) is 4.74 Å². The fourth-order valence-corrected chi connectivity index (χ4v) is 1.66. The summed E-state index contributed by atoms with van der Waals surface area (Å²) in [6.07, 6.45) is 5.11. The van der Waals surface area contributed by atoms with E-state index in [0.717, 1.165) is 5.56 Å². The minimum Gasteiger partial charge on any atom is -0.478 e. The van der Waals surface area contributed by atoms with Crippen LogP contribution in [0.1, 0.15) is 12.5 Å². The molecule has 5 nitrogen and oxygen atoms in total. The van der Waals surface area contributed by atoms with Crippen LogP contribution in [-0.4, -0.2) is 33.0 Å². The fraction of sp³-hybridized carbons (Fsp3) is 0.231. The van der Waals surface area contributed by atoms with Crippen molar-refractivity contribution in [3.05, 3.63) is 36.2 Å². The summed E-state index contributed by atoms with van der Waals surface area (Å²) in [5.74, 6) is 1.27. The zero-order valence-electron chi connectivity index (χ0n) is 10.6. The quantitative estimate of drug-likeness (QED) is 0.599. The standard InChI is InChI=1S/C13H14N4OS/c1-2-18-13-11(4-3-6-15-13)10-17-8-5-12(16-17)14-7-9-19/h3-9H,2,10H2,1H3. The second-order valence-corrected chi connectivity index (χ2v) is 3.96. The monoisotopic (exact) mass is 274 g/mol. The van der Waals surface area contributed by atoms with Crippen molar-refractivity contribution in [2.45, 2.75) is 13.5 Å². The van der Waals surface area contributed by atoms with Gasteiger partial charge in [0, 0.05) is 35.6 Å². The van der Waals surface area contributed by atoms with Gasteiger partial charge >= 0.3 is 0 Å². The molecule has 0 N–H and O–H groups in total. The molecule has 19 heavy (non-hydrogen) atoms. The molecule has 0 radical (unpaired) electrons. The predicted molar refractivity (Wildman–Crippen MR) is 78.5 cm³/mol. The molecule has 0 fully saturated rings. The van der Waals surface area contributed by atoms with Crippen molar-refractivity contribution in [1.82, 2.24) is 14.8 Å². The third-order valence-electron chi connectivity index (χ3n) is 2.36. The van der Waals surface area contributed by atoms with E-state index in [9.17, 15) is 0 Å². The van der Waals surface area contributed by atoms with Crippen molar-refractivity contribution in [3.63, 3.8) is 0 Å². The van der Waals surface area contributed by atoms with E-state index in [1.807, 2.05) is 31.3 Å². The van der Waals surface area contributed by atoms with Crippen molar-refractivity contribution in [2.75, 3.05) is 6.61 Å². The third-order valence-corrected chi connectivity index (χ3v) is 2.48. The highest BCUT2D eigenvalue weighted by molar-refractivity contribution is 7.80. The molecule has 0 amide bonds. The zero-order chi connectivity index (χ0) is 13.5. The van der Waals surface area contributed by atoms with Crippen LogP contribution >= 0.6 is 12.2 Å². The van der Waals surface area contributed by atoms with Gasteiger partial charge in [0.05, 0.1) is 13.2 Å². The van der Waals surface area contributed by atoms with E-state index in [1.165, 1.54) is 11.6 Å². The summed E-state index contributed by atoms with van der Waals surface area (Å²) in [5, 5.41) is 5.77. The van der Waals surface area contributed by atoms with Crippen LogP contribution in [0.4, 0.5) is 5.82 Å². The maximum absolute atomic E-state index is 5.48. The molecule has 2 aromatic heterocycles. The molecule has 2 heterocycles. The Morgan fingerprint density at radius 2 is 2.37 bits per heavy atom. The lowest BCUT2D eigenvalue weighted by atomic mass is 10.3. The van der Waals surface area contributed by atoms with Crippen molar-refractivity contribution >= 4 is 29.6 Å². The lowest BCUT2D eigenvalue weighted by Gasteiger charge is -2.08. The summed E-state index contributed by atoms with van der Waals surface area (Å²) in [5.41, 5.74) is 0.984. The Bertz CT molecular complexity index is 580. The average molecular weight is 274 g/mol. The highest BCUT2D eigenvalue weighted by atomic mass is 32.1. The number of nitrogens with zero attached hydrogens (tertiary/aromatic N) is 4. The molecule has 0 bridgehead atoms. The van der Waals surface area contributed by atoms with Gasteiger partial charge in [-0.2, -0.15) is 5.10 Å². The molecule has 2 aromatic rings. The molecule has 0 saturated carbocycles. The van der Waals surface area contributed by atoms with Crippen LogP contribution in [-0.2, 0) is 6.54 Å². The molecule has 0 aliphatic heterocycles. The summed E-state index contributed by atoms with van der Waals surface area (Å²) in [6, 6.07) is 5.68. The van der Waals surface area contributed by atoms with Crippen LogP contribution in [0.15, 0.2) is 35.6 Å². The second kappa shape index (κ2) is 6.75. The Morgan fingerprint density at radius 1 is 1.47 bits per heavy atom. The Morgan fingerprint density at radius 3 is 3.16 bits per heavy atom. The molecule has 0 unspecified atom stereocenters. The number of pyridine rings is 1. The Kier molecular flexibility index (Phi) is 4.74.